The van der Waals surface area contributed by atoms with Gasteiger partial charge in [-0.1, -0.05) is 72.4 Å². The quantitative estimate of drug-likeness (QED) is 0.463. The average molecular weight is 421 g/mol. The number of nitrogens with zero attached hydrogens (tertiary/aromatic N) is 4. The van der Waals surface area contributed by atoms with Crippen molar-refractivity contribution in [1.82, 2.24) is 19.7 Å². The maximum atomic E-state index is 13.5. The van der Waals surface area contributed by atoms with E-state index < -0.39 is 0 Å². The molecule has 1 saturated carbocycles. The fourth-order valence-corrected chi connectivity index (χ4v) is 4.62. The molecule has 1 amide bonds. The highest BCUT2D eigenvalue weighted by Crippen LogP contribution is 2.40. The van der Waals surface area contributed by atoms with Crippen molar-refractivity contribution in [2.24, 2.45) is 0 Å². The Hall–Kier alpha value is -2.60. The average Bonchev–Trinajstić information content (AvgIpc) is 3.54. The second-order valence-electron chi connectivity index (χ2n) is 7.78. The fourth-order valence-electron chi connectivity index (χ4n) is 3.61. The maximum absolute atomic E-state index is 13.5. The van der Waals surface area contributed by atoms with Gasteiger partial charge < -0.3 is 9.47 Å². The lowest BCUT2D eigenvalue weighted by Crippen LogP contribution is -2.35. The molecule has 3 aromatic rings. The molecule has 6 heteroatoms. The molecule has 1 aromatic heterocycles. The van der Waals surface area contributed by atoms with E-state index >= 15 is 0 Å². The van der Waals surface area contributed by atoms with Crippen molar-refractivity contribution in [3.05, 3.63) is 77.6 Å². The third-order valence-corrected chi connectivity index (χ3v) is 6.45. The molecule has 1 atom stereocenters. The summed E-state index contributed by atoms with van der Waals surface area (Å²) in [5.74, 6) is 1.74. The van der Waals surface area contributed by atoms with Gasteiger partial charge in [0, 0.05) is 25.6 Å². The summed E-state index contributed by atoms with van der Waals surface area (Å²) in [5, 5.41) is 9.42. The van der Waals surface area contributed by atoms with Crippen molar-refractivity contribution in [3.8, 4) is 0 Å². The Balaban J connectivity index is 1.51. The van der Waals surface area contributed by atoms with Crippen LogP contribution in [-0.2, 0) is 24.4 Å². The number of hydrogen-bond donors (Lipinski definition) is 0. The molecule has 1 aliphatic carbocycles. The van der Waals surface area contributed by atoms with Crippen LogP contribution in [-0.4, -0.2) is 30.8 Å². The molecular weight excluding hydrogens is 392 g/mol. The summed E-state index contributed by atoms with van der Waals surface area (Å²) >= 11 is 1.52. The summed E-state index contributed by atoms with van der Waals surface area (Å²) in [4.78, 5) is 15.4. The Morgan fingerprint density at radius 3 is 2.10 bits per heavy atom. The van der Waals surface area contributed by atoms with E-state index in [1.165, 1.54) is 24.6 Å². The molecule has 156 valence electrons. The lowest BCUT2D eigenvalue weighted by molar-refractivity contribution is -0.131. The molecule has 30 heavy (non-hydrogen) atoms. The molecule has 0 saturated heterocycles. The minimum Gasteiger partial charge on any atom is -0.333 e. The van der Waals surface area contributed by atoms with Crippen molar-refractivity contribution in [2.45, 2.75) is 62.6 Å². The summed E-state index contributed by atoms with van der Waals surface area (Å²) in [7, 11) is 0. The van der Waals surface area contributed by atoms with Gasteiger partial charge in [0.2, 0.25) is 5.91 Å². The Kier molecular flexibility index (Phi) is 6.53. The molecule has 1 aliphatic rings. The number of hydrogen-bond acceptors (Lipinski definition) is 4. The van der Waals surface area contributed by atoms with E-state index in [9.17, 15) is 4.79 Å². The monoisotopic (exact) mass is 420 g/mol. The zero-order valence-electron chi connectivity index (χ0n) is 17.6. The Morgan fingerprint density at radius 1 is 1.03 bits per heavy atom. The lowest BCUT2D eigenvalue weighted by atomic mass is 10.1. The van der Waals surface area contributed by atoms with Crippen molar-refractivity contribution >= 4 is 17.7 Å². The summed E-state index contributed by atoms with van der Waals surface area (Å²) in [6, 6.07) is 20.3. The van der Waals surface area contributed by atoms with Crippen LogP contribution < -0.4 is 0 Å². The molecule has 1 unspecified atom stereocenters. The molecule has 0 radical (unpaired) electrons. The van der Waals surface area contributed by atoms with E-state index in [1.54, 1.807) is 0 Å². The molecule has 2 aromatic carbocycles. The number of carbonyl (C=O) groups is 1. The highest BCUT2D eigenvalue weighted by Gasteiger charge is 2.31. The van der Waals surface area contributed by atoms with Gasteiger partial charge in [-0.3, -0.25) is 4.79 Å². The smallest absolute Gasteiger partial charge is 0.236 e. The zero-order valence-corrected chi connectivity index (χ0v) is 18.4. The van der Waals surface area contributed by atoms with Gasteiger partial charge in [0.05, 0.1) is 5.25 Å². The summed E-state index contributed by atoms with van der Waals surface area (Å²) < 4.78 is 2.17. The van der Waals surface area contributed by atoms with E-state index in [4.69, 9.17) is 0 Å². The molecule has 1 fully saturated rings. The second kappa shape index (κ2) is 9.47. The van der Waals surface area contributed by atoms with Gasteiger partial charge >= 0.3 is 0 Å². The normalized spacial score (nSPS) is 14.5. The minimum absolute atomic E-state index is 0.117. The topological polar surface area (TPSA) is 51.0 Å². The minimum atomic E-state index is -0.237. The van der Waals surface area contributed by atoms with Crippen LogP contribution in [0.4, 0.5) is 0 Å². The third kappa shape index (κ3) is 4.93. The molecule has 4 rings (SSSR count). The van der Waals surface area contributed by atoms with Crippen LogP contribution in [0.5, 0.6) is 0 Å². The SMILES string of the molecule is CCn1c(SC(C)C(=O)N(Cc2ccccc2)Cc2ccccc2)nnc1C1CC1. The molecule has 0 bridgehead atoms. The highest BCUT2D eigenvalue weighted by atomic mass is 32.2. The zero-order chi connectivity index (χ0) is 20.9. The number of thioether (sulfide) groups is 1. The van der Waals surface area contributed by atoms with Gasteiger partial charge in [-0.25, -0.2) is 0 Å². The van der Waals surface area contributed by atoms with E-state index in [1.807, 2.05) is 48.2 Å². The van der Waals surface area contributed by atoms with Crippen molar-refractivity contribution in [2.75, 3.05) is 0 Å². The van der Waals surface area contributed by atoms with E-state index in [0.717, 1.165) is 28.7 Å². The number of benzene rings is 2. The van der Waals surface area contributed by atoms with Crippen LogP contribution >= 0.6 is 11.8 Å². The number of amides is 1. The largest absolute Gasteiger partial charge is 0.333 e. The lowest BCUT2D eigenvalue weighted by Gasteiger charge is -2.26. The molecule has 5 nitrogen and oxygen atoms in total. The summed E-state index contributed by atoms with van der Waals surface area (Å²) in [5.41, 5.74) is 2.26. The highest BCUT2D eigenvalue weighted by molar-refractivity contribution is 8.00. The van der Waals surface area contributed by atoms with Crippen molar-refractivity contribution in [3.63, 3.8) is 0 Å². The van der Waals surface area contributed by atoms with Crippen LogP contribution in [0, 0.1) is 0 Å². The van der Waals surface area contributed by atoms with Gasteiger partial charge in [-0.2, -0.15) is 0 Å². The fraction of sp³-hybridized carbons (Fsp3) is 0.375. The van der Waals surface area contributed by atoms with Gasteiger partial charge in [-0.15, -0.1) is 10.2 Å². The Morgan fingerprint density at radius 2 is 1.60 bits per heavy atom. The van der Waals surface area contributed by atoms with Crippen LogP contribution in [0.15, 0.2) is 65.8 Å². The molecule has 0 N–H and O–H groups in total. The predicted octanol–water partition coefficient (Wildman–Crippen LogP) is 4.89. The predicted molar refractivity (Wildman–Crippen MR) is 120 cm³/mol. The third-order valence-electron chi connectivity index (χ3n) is 5.38. The first kappa shape index (κ1) is 20.7. The van der Waals surface area contributed by atoms with E-state index in [-0.39, 0.29) is 11.2 Å². The second-order valence-corrected chi connectivity index (χ2v) is 9.09. The first-order chi connectivity index (χ1) is 14.7. The Bertz CT molecular complexity index is 928. The molecule has 0 spiro atoms. The number of carbonyl (C=O) groups excluding carboxylic acids is 1. The van der Waals surface area contributed by atoms with Gasteiger partial charge in [-0.05, 0) is 37.8 Å². The van der Waals surface area contributed by atoms with Crippen molar-refractivity contribution in [1.29, 1.82) is 0 Å². The van der Waals surface area contributed by atoms with E-state index in [2.05, 4.69) is 46.0 Å². The van der Waals surface area contributed by atoms with E-state index in [0.29, 0.717) is 19.0 Å². The molecular formula is C24H28N4OS. The van der Waals surface area contributed by atoms with Crippen LogP contribution in [0.1, 0.15) is 49.6 Å². The molecule has 0 aliphatic heterocycles. The van der Waals surface area contributed by atoms with Gasteiger partial charge in [0.1, 0.15) is 5.82 Å². The summed E-state index contributed by atoms with van der Waals surface area (Å²) in [6.07, 6.45) is 2.39. The van der Waals surface area contributed by atoms with Gasteiger partial charge in [0.15, 0.2) is 5.16 Å². The van der Waals surface area contributed by atoms with Crippen LogP contribution in [0.2, 0.25) is 0 Å². The summed E-state index contributed by atoms with van der Waals surface area (Å²) in [6.45, 7) is 6.10. The van der Waals surface area contributed by atoms with Crippen LogP contribution in [0.3, 0.4) is 0 Å². The maximum Gasteiger partial charge on any atom is 0.236 e. The Labute approximate surface area is 182 Å². The standard InChI is InChI=1S/C24H28N4OS/c1-3-28-22(21-14-15-21)25-26-24(28)30-18(2)23(29)27(16-19-10-6-4-7-11-19)17-20-12-8-5-9-13-20/h4-13,18,21H,3,14-17H2,1-2H3. The number of rotatable bonds is 9. The van der Waals surface area contributed by atoms with Crippen LogP contribution in [0.25, 0.3) is 0 Å². The number of aromatic nitrogens is 3. The first-order valence-electron chi connectivity index (χ1n) is 10.6. The van der Waals surface area contributed by atoms with Gasteiger partial charge in [0.25, 0.3) is 0 Å². The van der Waals surface area contributed by atoms with Crippen molar-refractivity contribution < 1.29 is 4.79 Å². The first-order valence-corrected chi connectivity index (χ1v) is 11.5. The molecule has 1 heterocycles.